The normalized spacial score (nSPS) is 22.2. The average molecular weight is 145 g/mol. The second kappa shape index (κ2) is 3.91. The molecule has 10 heavy (non-hydrogen) atoms. The molecule has 0 amide bonds. The van der Waals surface area contributed by atoms with Gasteiger partial charge in [0, 0.05) is 20.2 Å². The summed E-state index contributed by atoms with van der Waals surface area (Å²) >= 11 is 0. The lowest BCUT2D eigenvalue weighted by atomic mass is 10.2. The largest absolute Gasteiger partial charge is 0.382 e. The van der Waals surface area contributed by atoms with Gasteiger partial charge in [0.15, 0.2) is 0 Å². The standard InChI is InChI=1S/C7H15NO2/c1-6(5-9-2)10-7-3-8-4-7/h6-8H,3-5H2,1-2H3. The Morgan fingerprint density at radius 3 is 2.70 bits per heavy atom. The smallest absolute Gasteiger partial charge is 0.0828 e. The molecule has 60 valence electrons. The molecule has 0 spiro atoms. The molecule has 1 saturated heterocycles. The summed E-state index contributed by atoms with van der Waals surface area (Å²) in [6.45, 7) is 4.71. The molecule has 0 saturated carbocycles. The average Bonchev–Trinajstić information content (AvgIpc) is 1.80. The molecule has 0 radical (unpaired) electrons. The van der Waals surface area contributed by atoms with Crippen LogP contribution in [0.3, 0.4) is 0 Å². The minimum Gasteiger partial charge on any atom is -0.382 e. The van der Waals surface area contributed by atoms with Gasteiger partial charge in [-0.25, -0.2) is 0 Å². The van der Waals surface area contributed by atoms with Gasteiger partial charge in [-0.05, 0) is 6.92 Å². The van der Waals surface area contributed by atoms with E-state index in [9.17, 15) is 0 Å². The Balaban J connectivity index is 1.99. The second-order valence-electron chi connectivity index (χ2n) is 2.68. The van der Waals surface area contributed by atoms with E-state index in [0.717, 1.165) is 13.1 Å². The molecule has 1 aliphatic rings. The van der Waals surface area contributed by atoms with Gasteiger partial charge in [0.2, 0.25) is 0 Å². The summed E-state index contributed by atoms with van der Waals surface area (Å²) in [5.74, 6) is 0. The van der Waals surface area contributed by atoms with Gasteiger partial charge in [0.25, 0.3) is 0 Å². The van der Waals surface area contributed by atoms with Gasteiger partial charge in [0.05, 0.1) is 18.8 Å². The Bertz CT molecular complexity index is 93.6. The Morgan fingerprint density at radius 1 is 1.60 bits per heavy atom. The third-order valence-electron chi connectivity index (χ3n) is 1.57. The maximum absolute atomic E-state index is 5.54. The maximum Gasteiger partial charge on any atom is 0.0828 e. The quantitative estimate of drug-likeness (QED) is 0.604. The predicted octanol–water partition coefficient (Wildman–Crippen LogP) is 0.00970. The van der Waals surface area contributed by atoms with Crippen molar-refractivity contribution >= 4 is 0 Å². The van der Waals surface area contributed by atoms with Crippen LogP contribution in [0, 0.1) is 0 Å². The predicted molar refractivity (Wildman–Crippen MR) is 39.1 cm³/mol. The lowest BCUT2D eigenvalue weighted by molar-refractivity contribution is -0.0578. The van der Waals surface area contributed by atoms with Gasteiger partial charge in [0.1, 0.15) is 0 Å². The Morgan fingerprint density at radius 2 is 2.30 bits per heavy atom. The van der Waals surface area contributed by atoms with Crippen molar-refractivity contribution in [3.63, 3.8) is 0 Å². The summed E-state index contributed by atoms with van der Waals surface area (Å²) in [7, 11) is 1.69. The lowest BCUT2D eigenvalue weighted by Crippen LogP contribution is -2.50. The highest BCUT2D eigenvalue weighted by Gasteiger charge is 2.19. The number of hydrogen-bond donors (Lipinski definition) is 1. The van der Waals surface area contributed by atoms with Crippen LogP contribution in [-0.2, 0) is 9.47 Å². The molecule has 3 heteroatoms. The van der Waals surface area contributed by atoms with Crippen molar-refractivity contribution < 1.29 is 9.47 Å². The van der Waals surface area contributed by atoms with E-state index in [0.29, 0.717) is 12.7 Å². The third kappa shape index (κ3) is 2.25. The molecule has 0 aliphatic carbocycles. The first-order valence-electron chi connectivity index (χ1n) is 3.68. The summed E-state index contributed by atoms with van der Waals surface area (Å²) in [4.78, 5) is 0. The van der Waals surface area contributed by atoms with Crippen LogP contribution in [0.5, 0.6) is 0 Å². The molecule has 1 unspecified atom stereocenters. The van der Waals surface area contributed by atoms with E-state index in [4.69, 9.17) is 9.47 Å². The lowest BCUT2D eigenvalue weighted by Gasteiger charge is -2.29. The Kier molecular flexibility index (Phi) is 3.12. The van der Waals surface area contributed by atoms with E-state index in [1.165, 1.54) is 0 Å². The molecule has 1 N–H and O–H groups in total. The van der Waals surface area contributed by atoms with Gasteiger partial charge < -0.3 is 14.8 Å². The van der Waals surface area contributed by atoms with Gasteiger partial charge in [-0.2, -0.15) is 0 Å². The molecule has 0 aromatic carbocycles. The van der Waals surface area contributed by atoms with Crippen molar-refractivity contribution in [2.24, 2.45) is 0 Å². The number of ether oxygens (including phenoxy) is 2. The first kappa shape index (κ1) is 7.98. The zero-order valence-corrected chi connectivity index (χ0v) is 6.59. The number of rotatable bonds is 4. The Labute approximate surface area is 61.7 Å². The topological polar surface area (TPSA) is 30.5 Å². The van der Waals surface area contributed by atoms with E-state index >= 15 is 0 Å². The minimum absolute atomic E-state index is 0.233. The van der Waals surface area contributed by atoms with Gasteiger partial charge in [-0.15, -0.1) is 0 Å². The molecule has 1 heterocycles. The van der Waals surface area contributed by atoms with E-state index in [2.05, 4.69) is 5.32 Å². The van der Waals surface area contributed by atoms with Crippen LogP contribution in [-0.4, -0.2) is 39.0 Å². The highest BCUT2D eigenvalue weighted by atomic mass is 16.5. The first-order chi connectivity index (χ1) is 4.83. The molecule has 0 aromatic rings. The van der Waals surface area contributed by atoms with E-state index in [1.807, 2.05) is 6.92 Å². The van der Waals surface area contributed by atoms with Crippen LogP contribution in [0.25, 0.3) is 0 Å². The van der Waals surface area contributed by atoms with Gasteiger partial charge in [-0.3, -0.25) is 0 Å². The van der Waals surface area contributed by atoms with Crippen molar-refractivity contribution in [3.05, 3.63) is 0 Å². The highest BCUT2D eigenvalue weighted by molar-refractivity contribution is 4.75. The summed E-state index contributed by atoms with van der Waals surface area (Å²) < 4.78 is 10.5. The van der Waals surface area contributed by atoms with Crippen LogP contribution in [0.2, 0.25) is 0 Å². The van der Waals surface area contributed by atoms with Crippen LogP contribution in [0.15, 0.2) is 0 Å². The summed E-state index contributed by atoms with van der Waals surface area (Å²) in [5.41, 5.74) is 0. The van der Waals surface area contributed by atoms with E-state index in [-0.39, 0.29) is 6.10 Å². The maximum atomic E-state index is 5.54. The first-order valence-corrected chi connectivity index (χ1v) is 3.68. The number of methoxy groups -OCH3 is 1. The molecule has 0 bridgehead atoms. The van der Waals surface area contributed by atoms with E-state index in [1.54, 1.807) is 7.11 Å². The van der Waals surface area contributed by atoms with E-state index < -0.39 is 0 Å². The van der Waals surface area contributed by atoms with Crippen LogP contribution < -0.4 is 5.32 Å². The van der Waals surface area contributed by atoms with Crippen molar-refractivity contribution in [2.45, 2.75) is 19.1 Å². The molecule has 1 rings (SSSR count). The molecule has 0 aromatic heterocycles. The SMILES string of the molecule is COCC(C)OC1CNC1. The van der Waals surface area contributed by atoms with Crippen molar-refractivity contribution in [1.82, 2.24) is 5.32 Å². The van der Waals surface area contributed by atoms with Crippen molar-refractivity contribution in [2.75, 3.05) is 26.8 Å². The second-order valence-corrected chi connectivity index (χ2v) is 2.68. The summed E-state index contributed by atoms with van der Waals surface area (Å²) in [5, 5.41) is 3.14. The zero-order chi connectivity index (χ0) is 7.40. The Hall–Kier alpha value is -0.120. The number of hydrogen-bond acceptors (Lipinski definition) is 3. The van der Waals surface area contributed by atoms with Crippen LogP contribution in [0.1, 0.15) is 6.92 Å². The third-order valence-corrected chi connectivity index (χ3v) is 1.57. The monoisotopic (exact) mass is 145 g/mol. The van der Waals surface area contributed by atoms with Gasteiger partial charge >= 0.3 is 0 Å². The molecular weight excluding hydrogens is 130 g/mol. The fraction of sp³-hybridized carbons (Fsp3) is 1.00. The highest BCUT2D eigenvalue weighted by Crippen LogP contribution is 2.02. The fourth-order valence-corrected chi connectivity index (χ4v) is 0.961. The van der Waals surface area contributed by atoms with Crippen molar-refractivity contribution in [3.8, 4) is 0 Å². The fourth-order valence-electron chi connectivity index (χ4n) is 0.961. The zero-order valence-electron chi connectivity index (χ0n) is 6.59. The molecule has 1 atom stereocenters. The molecule has 1 aliphatic heterocycles. The molecule has 1 fully saturated rings. The molecular formula is C7H15NO2. The van der Waals surface area contributed by atoms with Crippen LogP contribution in [0.4, 0.5) is 0 Å². The summed E-state index contributed by atoms with van der Waals surface area (Å²) in [6.07, 6.45) is 0.655. The minimum atomic E-state index is 0.233. The molecule has 3 nitrogen and oxygen atoms in total. The van der Waals surface area contributed by atoms with Crippen molar-refractivity contribution in [1.29, 1.82) is 0 Å². The number of nitrogens with one attached hydrogen (secondary N) is 1. The summed E-state index contributed by atoms with van der Waals surface area (Å²) in [6, 6.07) is 0. The van der Waals surface area contributed by atoms with Crippen LogP contribution >= 0.6 is 0 Å². The van der Waals surface area contributed by atoms with Gasteiger partial charge in [-0.1, -0.05) is 0 Å².